The molecule has 0 unspecified atom stereocenters. The molecule has 1 aromatic heterocycles. The molecule has 1 fully saturated rings. The van der Waals surface area contributed by atoms with E-state index in [2.05, 4.69) is 43.4 Å². The van der Waals surface area contributed by atoms with Crippen LogP contribution in [0.2, 0.25) is 5.02 Å². The Morgan fingerprint density at radius 3 is 2.54 bits per heavy atom. The molecule has 2 heterocycles. The molecule has 1 amide bonds. The van der Waals surface area contributed by atoms with Gasteiger partial charge in [0.2, 0.25) is 0 Å². The standard InChI is InChI=1S/C20H26ClN5OS/c1-22-20(24-11-10-23-19(27)15-4-6-16(21)7-5-15)25-17-8-12-26(13-9-17)18-3-2-14-28-18/h2-7,14,17H,8-13H2,1H3,(H,23,27)(H2,22,24,25). The summed E-state index contributed by atoms with van der Waals surface area (Å²) in [6.45, 7) is 3.21. The van der Waals surface area contributed by atoms with Gasteiger partial charge in [0.15, 0.2) is 5.96 Å². The number of rotatable bonds is 6. The zero-order valence-electron chi connectivity index (χ0n) is 16.0. The number of carbonyl (C=O) groups excluding carboxylic acids is 1. The average molecular weight is 420 g/mol. The van der Waals surface area contributed by atoms with E-state index in [9.17, 15) is 4.79 Å². The van der Waals surface area contributed by atoms with Gasteiger partial charge < -0.3 is 20.9 Å². The Kier molecular flexibility index (Phi) is 7.56. The molecule has 1 saturated heterocycles. The van der Waals surface area contributed by atoms with Crippen molar-refractivity contribution in [1.29, 1.82) is 0 Å². The van der Waals surface area contributed by atoms with Crippen LogP contribution in [0.15, 0.2) is 46.8 Å². The maximum atomic E-state index is 12.1. The minimum absolute atomic E-state index is 0.109. The highest BCUT2D eigenvalue weighted by Crippen LogP contribution is 2.24. The van der Waals surface area contributed by atoms with Crippen molar-refractivity contribution in [2.45, 2.75) is 18.9 Å². The quantitative estimate of drug-likeness (QED) is 0.382. The van der Waals surface area contributed by atoms with Crippen molar-refractivity contribution in [2.24, 2.45) is 4.99 Å². The lowest BCUT2D eigenvalue weighted by atomic mass is 10.1. The molecule has 8 heteroatoms. The number of aliphatic imine (C=N–C) groups is 1. The van der Waals surface area contributed by atoms with Gasteiger partial charge in [-0.25, -0.2) is 0 Å². The highest BCUT2D eigenvalue weighted by molar-refractivity contribution is 7.14. The Balaban J connectivity index is 1.35. The number of piperidine rings is 1. The second-order valence-electron chi connectivity index (χ2n) is 6.62. The summed E-state index contributed by atoms with van der Waals surface area (Å²) in [5.41, 5.74) is 0.601. The number of anilines is 1. The van der Waals surface area contributed by atoms with Crippen LogP contribution in [0.5, 0.6) is 0 Å². The van der Waals surface area contributed by atoms with Crippen molar-refractivity contribution >= 4 is 39.8 Å². The summed E-state index contributed by atoms with van der Waals surface area (Å²) in [7, 11) is 1.77. The number of hydrogen-bond donors (Lipinski definition) is 3. The predicted molar refractivity (Wildman–Crippen MR) is 118 cm³/mol. The molecule has 1 aliphatic rings. The van der Waals surface area contributed by atoms with Crippen LogP contribution < -0.4 is 20.9 Å². The molecule has 0 spiro atoms. The third kappa shape index (κ3) is 5.87. The number of nitrogens with zero attached hydrogens (tertiary/aromatic N) is 2. The van der Waals surface area contributed by atoms with Crippen LogP contribution >= 0.6 is 22.9 Å². The molecule has 0 aliphatic carbocycles. The first-order valence-corrected chi connectivity index (χ1v) is 10.7. The molecule has 0 saturated carbocycles. The maximum Gasteiger partial charge on any atom is 0.251 e. The number of carbonyl (C=O) groups is 1. The molecule has 6 nitrogen and oxygen atoms in total. The molecular formula is C20H26ClN5OS. The SMILES string of the molecule is CN=C(NCCNC(=O)c1ccc(Cl)cc1)NC1CCN(c2cccs2)CC1. The first kappa shape index (κ1) is 20.5. The van der Waals surface area contributed by atoms with Crippen LogP contribution in [0.4, 0.5) is 5.00 Å². The Hall–Kier alpha value is -2.25. The summed E-state index contributed by atoms with van der Waals surface area (Å²) in [6.07, 6.45) is 2.15. The maximum absolute atomic E-state index is 12.1. The van der Waals surface area contributed by atoms with E-state index in [-0.39, 0.29) is 5.91 Å². The highest BCUT2D eigenvalue weighted by Gasteiger charge is 2.20. The molecule has 3 N–H and O–H groups in total. The second kappa shape index (κ2) is 10.3. The molecule has 0 bridgehead atoms. The Morgan fingerprint density at radius 2 is 1.89 bits per heavy atom. The van der Waals surface area contributed by atoms with E-state index in [0.29, 0.717) is 29.7 Å². The fraction of sp³-hybridized carbons (Fsp3) is 0.400. The van der Waals surface area contributed by atoms with Gasteiger partial charge in [0.1, 0.15) is 0 Å². The van der Waals surface area contributed by atoms with Crippen molar-refractivity contribution < 1.29 is 4.79 Å². The lowest BCUT2D eigenvalue weighted by molar-refractivity contribution is 0.0954. The largest absolute Gasteiger partial charge is 0.363 e. The molecular weight excluding hydrogens is 394 g/mol. The predicted octanol–water partition coefficient (Wildman–Crippen LogP) is 2.97. The summed E-state index contributed by atoms with van der Waals surface area (Å²) in [5, 5.41) is 13.7. The number of hydrogen-bond acceptors (Lipinski definition) is 4. The molecule has 2 aromatic rings. The van der Waals surface area contributed by atoms with Crippen LogP contribution in [0, 0.1) is 0 Å². The van der Waals surface area contributed by atoms with Crippen molar-refractivity contribution in [2.75, 3.05) is 38.1 Å². The number of halogens is 1. The summed E-state index contributed by atoms with van der Waals surface area (Å²) in [4.78, 5) is 18.8. The van der Waals surface area contributed by atoms with Crippen LogP contribution in [0.25, 0.3) is 0 Å². The van der Waals surface area contributed by atoms with Crippen molar-refractivity contribution in [3.63, 3.8) is 0 Å². The Morgan fingerprint density at radius 1 is 1.18 bits per heavy atom. The first-order chi connectivity index (χ1) is 13.7. The third-order valence-electron chi connectivity index (χ3n) is 4.69. The molecule has 0 atom stereocenters. The number of thiophene rings is 1. The fourth-order valence-electron chi connectivity index (χ4n) is 3.14. The number of guanidine groups is 1. The number of benzene rings is 1. The van der Waals surface area contributed by atoms with E-state index in [0.717, 1.165) is 31.9 Å². The van der Waals surface area contributed by atoms with Crippen LogP contribution in [0.3, 0.4) is 0 Å². The smallest absolute Gasteiger partial charge is 0.251 e. The van der Waals surface area contributed by atoms with E-state index >= 15 is 0 Å². The summed E-state index contributed by atoms with van der Waals surface area (Å²) in [5.74, 6) is 0.665. The van der Waals surface area contributed by atoms with Gasteiger partial charge in [0, 0.05) is 49.9 Å². The van der Waals surface area contributed by atoms with Crippen LogP contribution in [-0.4, -0.2) is 51.1 Å². The highest BCUT2D eigenvalue weighted by atomic mass is 35.5. The van der Waals surface area contributed by atoms with Gasteiger partial charge in [-0.1, -0.05) is 11.6 Å². The molecule has 3 rings (SSSR count). The van der Waals surface area contributed by atoms with E-state index in [1.54, 1.807) is 42.6 Å². The normalized spacial score (nSPS) is 15.4. The minimum Gasteiger partial charge on any atom is -0.363 e. The van der Waals surface area contributed by atoms with Crippen molar-refractivity contribution in [3.8, 4) is 0 Å². The van der Waals surface area contributed by atoms with Gasteiger partial charge in [-0.15, -0.1) is 11.3 Å². The fourth-order valence-corrected chi connectivity index (χ4v) is 4.05. The lowest BCUT2D eigenvalue weighted by Gasteiger charge is -2.33. The van der Waals surface area contributed by atoms with E-state index < -0.39 is 0 Å². The van der Waals surface area contributed by atoms with Gasteiger partial charge in [-0.3, -0.25) is 9.79 Å². The molecule has 1 aromatic carbocycles. The van der Waals surface area contributed by atoms with Gasteiger partial charge >= 0.3 is 0 Å². The summed E-state index contributed by atoms with van der Waals surface area (Å²) in [6, 6.07) is 11.5. The zero-order valence-corrected chi connectivity index (χ0v) is 17.5. The number of nitrogens with one attached hydrogen (secondary N) is 3. The summed E-state index contributed by atoms with van der Waals surface area (Å²) < 4.78 is 0. The van der Waals surface area contributed by atoms with Gasteiger partial charge in [0.05, 0.1) is 5.00 Å². The van der Waals surface area contributed by atoms with Gasteiger partial charge in [-0.05, 0) is 54.6 Å². The minimum atomic E-state index is -0.109. The Bertz CT molecular complexity index is 770. The molecule has 28 heavy (non-hydrogen) atoms. The monoisotopic (exact) mass is 419 g/mol. The first-order valence-electron chi connectivity index (χ1n) is 9.45. The van der Waals surface area contributed by atoms with Crippen molar-refractivity contribution in [1.82, 2.24) is 16.0 Å². The van der Waals surface area contributed by atoms with E-state index in [4.69, 9.17) is 11.6 Å². The van der Waals surface area contributed by atoms with Gasteiger partial charge in [0.25, 0.3) is 5.91 Å². The van der Waals surface area contributed by atoms with E-state index in [1.807, 2.05) is 0 Å². The average Bonchev–Trinajstić information content (AvgIpc) is 3.26. The van der Waals surface area contributed by atoms with Crippen molar-refractivity contribution in [3.05, 3.63) is 52.4 Å². The zero-order chi connectivity index (χ0) is 19.8. The second-order valence-corrected chi connectivity index (χ2v) is 7.98. The van der Waals surface area contributed by atoms with Crippen LogP contribution in [0.1, 0.15) is 23.2 Å². The Labute approximate surface area is 175 Å². The summed E-state index contributed by atoms with van der Waals surface area (Å²) >= 11 is 7.64. The van der Waals surface area contributed by atoms with Crippen LogP contribution in [-0.2, 0) is 0 Å². The topological polar surface area (TPSA) is 68.8 Å². The van der Waals surface area contributed by atoms with E-state index in [1.165, 1.54) is 5.00 Å². The molecule has 0 radical (unpaired) electrons. The van der Waals surface area contributed by atoms with Gasteiger partial charge in [-0.2, -0.15) is 0 Å². The molecule has 1 aliphatic heterocycles. The molecule has 150 valence electrons. The lowest BCUT2D eigenvalue weighted by Crippen LogP contribution is -2.49. The third-order valence-corrected chi connectivity index (χ3v) is 5.87. The number of amides is 1.